The average Bonchev–Trinajstić information content (AvgIpc) is 2.96. The predicted molar refractivity (Wildman–Crippen MR) is 86.6 cm³/mol. The Labute approximate surface area is 130 Å². The minimum Gasteiger partial charge on any atom is -0.493 e. The second-order valence-corrected chi connectivity index (χ2v) is 5.75. The first-order valence-electron chi connectivity index (χ1n) is 7.06. The van der Waals surface area contributed by atoms with Gasteiger partial charge in [-0.1, -0.05) is 13.0 Å². The van der Waals surface area contributed by atoms with E-state index in [-0.39, 0.29) is 0 Å². The second-order valence-electron chi connectivity index (χ2n) is 4.81. The van der Waals surface area contributed by atoms with Crippen molar-refractivity contribution in [3.05, 3.63) is 39.8 Å². The molecule has 0 aliphatic heterocycles. The van der Waals surface area contributed by atoms with Crippen LogP contribution in [0.25, 0.3) is 0 Å². The number of hydrogen-bond acceptors (Lipinski definition) is 5. The lowest BCUT2D eigenvalue weighted by Gasteiger charge is -2.09. The molecule has 0 amide bonds. The summed E-state index contributed by atoms with van der Waals surface area (Å²) in [5, 5.41) is 6.62. The number of nitrogens with one attached hydrogen (secondary N) is 1. The Morgan fingerprint density at radius 1 is 1.24 bits per heavy atom. The van der Waals surface area contributed by atoms with Crippen LogP contribution in [0.15, 0.2) is 23.6 Å². The highest BCUT2D eigenvalue weighted by atomic mass is 32.1. The number of aromatic nitrogens is 1. The Morgan fingerprint density at radius 2 is 2.00 bits per heavy atom. The van der Waals surface area contributed by atoms with Gasteiger partial charge in [0.1, 0.15) is 0 Å². The molecule has 0 spiro atoms. The molecule has 2 rings (SSSR count). The Kier molecular flexibility index (Phi) is 5.59. The van der Waals surface area contributed by atoms with Gasteiger partial charge in [-0.25, -0.2) is 4.98 Å². The number of hydrogen-bond donors (Lipinski definition) is 1. The highest BCUT2D eigenvalue weighted by Crippen LogP contribution is 2.29. The molecule has 1 unspecified atom stereocenters. The van der Waals surface area contributed by atoms with Crippen molar-refractivity contribution in [3.63, 3.8) is 0 Å². The van der Waals surface area contributed by atoms with Crippen molar-refractivity contribution in [2.75, 3.05) is 20.8 Å². The molecule has 4 nitrogen and oxygen atoms in total. The summed E-state index contributed by atoms with van der Waals surface area (Å²) < 4.78 is 10.6. The van der Waals surface area contributed by atoms with E-state index < -0.39 is 0 Å². The standard InChI is InChI=1S/C16H22N2O2S/c1-5-17-11(2)13-10-21-16(18-13)9-12-6-7-14(19-3)15(8-12)20-4/h6-8,10-11,17H,5,9H2,1-4H3. The van der Waals surface area contributed by atoms with Crippen molar-refractivity contribution in [2.45, 2.75) is 26.3 Å². The monoisotopic (exact) mass is 306 g/mol. The van der Waals surface area contributed by atoms with Gasteiger partial charge in [0.2, 0.25) is 0 Å². The van der Waals surface area contributed by atoms with E-state index in [1.807, 2.05) is 12.1 Å². The van der Waals surface area contributed by atoms with Crippen LogP contribution in [0.5, 0.6) is 11.5 Å². The molecule has 0 bridgehead atoms. The molecule has 1 atom stereocenters. The predicted octanol–water partition coefficient (Wildman–Crippen LogP) is 3.42. The number of benzene rings is 1. The summed E-state index contributed by atoms with van der Waals surface area (Å²) >= 11 is 1.70. The van der Waals surface area contributed by atoms with E-state index in [0.29, 0.717) is 6.04 Å². The normalized spacial score (nSPS) is 12.2. The molecular formula is C16H22N2O2S. The van der Waals surface area contributed by atoms with Crippen molar-refractivity contribution >= 4 is 11.3 Å². The summed E-state index contributed by atoms with van der Waals surface area (Å²) in [7, 11) is 3.30. The van der Waals surface area contributed by atoms with Crippen molar-refractivity contribution < 1.29 is 9.47 Å². The number of ether oxygens (including phenoxy) is 2. The van der Waals surface area contributed by atoms with Gasteiger partial charge in [-0.2, -0.15) is 0 Å². The molecule has 0 aliphatic carbocycles. The Bertz CT molecular complexity index is 583. The molecule has 21 heavy (non-hydrogen) atoms. The van der Waals surface area contributed by atoms with Gasteiger partial charge in [0.25, 0.3) is 0 Å². The van der Waals surface area contributed by atoms with Crippen LogP contribution < -0.4 is 14.8 Å². The van der Waals surface area contributed by atoms with E-state index in [1.165, 1.54) is 5.56 Å². The van der Waals surface area contributed by atoms with Crippen LogP contribution in [0.1, 0.15) is 36.2 Å². The third-order valence-corrected chi connectivity index (χ3v) is 4.19. The first-order valence-corrected chi connectivity index (χ1v) is 7.94. The van der Waals surface area contributed by atoms with Crippen LogP contribution in [0.2, 0.25) is 0 Å². The molecule has 114 valence electrons. The number of thiazole rings is 1. The van der Waals surface area contributed by atoms with Gasteiger partial charge in [-0.3, -0.25) is 0 Å². The zero-order valence-corrected chi connectivity index (χ0v) is 13.8. The van der Waals surface area contributed by atoms with Crippen LogP contribution in [0, 0.1) is 0 Å². The maximum atomic E-state index is 5.34. The average molecular weight is 306 g/mol. The number of nitrogens with zero attached hydrogens (tertiary/aromatic N) is 1. The van der Waals surface area contributed by atoms with Gasteiger partial charge in [-0.05, 0) is 31.2 Å². The summed E-state index contributed by atoms with van der Waals surface area (Å²) in [6.07, 6.45) is 0.809. The third kappa shape index (κ3) is 3.95. The van der Waals surface area contributed by atoms with Crippen LogP contribution in [-0.4, -0.2) is 25.7 Å². The van der Waals surface area contributed by atoms with E-state index in [2.05, 4.69) is 30.6 Å². The van der Waals surface area contributed by atoms with Crippen molar-refractivity contribution in [1.82, 2.24) is 10.3 Å². The van der Waals surface area contributed by atoms with Crippen LogP contribution in [-0.2, 0) is 6.42 Å². The van der Waals surface area contributed by atoms with Crippen LogP contribution in [0.4, 0.5) is 0 Å². The fourth-order valence-electron chi connectivity index (χ4n) is 2.18. The minimum atomic E-state index is 0.297. The molecule has 1 heterocycles. The highest BCUT2D eigenvalue weighted by molar-refractivity contribution is 7.09. The molecule has 0 radical (unpaired) electrons. The van der Waals surface area contributed by atoms with Gasteiger partial charge >= 0.3 is 0 Å². The van der Waals surface area contributed by atoms with Gasteiger partial charge in [0, 0.05) is 17.8 Å². The first-order chi connectivity index (χ1) is 10.2. The quantitative estimate of drug-likeness (QED) is 0.851. The largest absolute Gasteiger partial charge is 0.493 e. The van der Waals surface area contributed by atoms with Gasteiger partial charge in [0.15, 0.2) is 11.5 Å². The van der Waals surface area contributed by atoms with Gasteiger partial charge in [0.05, 0.1) is 24.9 Å². The number of methoxy groups -OCH3 is 2. The minimum absolute atomic E-state index is 0.297. The maximum absolute atomic E-state index is 5.34. The second kappa shape index (κ2) is 7.43. The molecule has 0 fully saturated rings. The summed E-state index contributed by atoms with van der Waals surface area (Å²) in [6, 6.07) is 6.29. The fraction of sp³-hybridized carbons (Fsp3) is 0.438. The molecule has 1 aromatic heterocycles. The fourth-order valence-corrected chi connectivity index (χ4v) is 3.10. The lowest BCUT2D eigenvalue weighted by molar-refractivity contribution is 0.354. The van der Waals surface area contributed by atoms with Crippen molar-refractivity contribution in [2.24, 2.45) is 0 Å². The van der Waals surface area contributed by atoms with E-state index in [4.69, 9.17) is 14.5 Å². The SMILES string of the molecule is CCNC(C)c1csc(Cc2ccc(OC)c(OC)c2)n1. The molecule has 0 saturated carbocycles. The molecule has 1 aromatic carbocycles. The Hall–Kier alpha value is -1.59. The van der Waals surface area contributed by atoms with Crippen molar-refractivity contribution in [1.29, 1.82) is 0 Å². The zero-order chi connectivity index (χ0) is 15.2. The molecule has 2 aromatic rings. The molecular weight excluding hydrogens is 284 g/mol. The zero-order valence-electron chi connectivity index (χ0n) is 13.0. The highest BCUT2D eigenvalue weighted by Gasteiger charge is 2.10. The Morgan fingerprint density at radius 3 is 2.67 bits per heavy atom. The van der Waals surface area contributed by atoms with Gasteiger partial charge in [-0.15, -0.1) is 11.3 Å². The number of rotatable bonds is 7. The summed E-state index contributed by atoms with van der Waals surface area (Å²) in [5.41, 5.74) is 2.28. The molecule has 5 heteroatoms. The van der Waals surface area contributed by atoms with Crippen LogP contribution >= 0.6 is 11.3 Å². The van der Waals surface area contributed by atoms with E-state index in [9.17, 15) is 0 Å². The lowest BCUT2D eigenvalue weighted by Crippen LogP contribution is -2.17. The Balaban J connectivity index is 2.11. The van der Waals surface area contributed by atoms with E-state index >= 15 is 0 Å². The smallest absolute Gasteiger partial charge is 0.160 e. The van der Waals surface area contributed by atoms with E-state index in [0.717, 1.165) is 35.2 Å². The van der Waals surface area contributed by atoms with Gasteiger partial charge < -0.3 is 14.8 Å². The summed E-state index contributed by atoms with van der Waals surface area (Å²) in [6.45, 7) is 5.19. The lowest BCUT2D eigenvalue weighted by atomic mass is 10.1. The van der Waals surface area contributed by atoms with Crippen molar-refractivity contribution in [3.8, 4) is 11.5 Å². The molecule has 0 saturated heterocycles. The molecule has 1 N–H and O–H groups in total. The molecule has 0 aliphatic rings. The maximum Gasteiger partial charge on any atom is 0.160 e. The summed E-state index contributed by atoms with van der Waals surface area (Å²) in [5.74, 6) is 1.51. The summed E-state index contributed by atoms with van der Waals surface area (Å²) in [4.78, 5) is 4.71. The van der Waals surface area contributed by atoms with E-state index in [1.54, 1.807) is 25.6 Å². The first kappa shape index (κ1) is 15.8. The topological polar surface area (TPSA) is 43.4 Å². The third-order valence-electron chi connectivity index (χ3n) is 3.33. The van der Waals surface area contributed by atoms with Crippen LogP contribution in [0.3, 0.4) is 0 Å².